The van der Waals surface area contributed by atoms with E-state index >= 15 is 0 Å². The van der Waals surface area contributed by atoms with Crippen molar-refractivity contribution in [2.24, 2.45) is 0 Å². The summed E-state index contributed by atoms with van der Waals surface area (Å²) in [4.78, 5) is 2.46. The monoisotopic (exact) mass is 605 g/mol. The molecule has 0 saturated carbocycles. The molecule has 9 rings (SSSR count). The second kappa shape index (κ2) is 10.6. The number of hydrogen-bond acceptors (Lipinski definition) is 3. The summed E-state index contributed by atoms with van der Waals surface area (Å²) < 4.78 is 0. The average molecular weight is 606 g/mol. The van der Waals surface area contributed by atoms with Gasteiger partial charge in [0.2, 0.25) is 0 Å². The fraction of sp³-hybridized carbons (Fsp3) is 0.0909. The number of benzene rings is 7. The minimum Gasteiger partial charge on any atom is -0.367 e. The van der Waals surface area contributed by atoms with Crippen LogP contribution in [-0.2, 0) is 5.41 Å². The summed E-state index contributed by atoms with van der Waals surface area (Å²) in [7, 11) is 0. The molecular weight excluding hydrogens is 571 g/mol. The Hall–Kier alpha value is -5.80. The molecule has 0 atom stereocenters. The zero-order chi connectivity index (χ0) is 31.5. The Balaban J connectivity index is 1.47. The van der Waals surface area contributed by atoms with E-state index in [1.54, 1.807) is 0 Å². The maximum Gasteiger partial charge on any atom is 0.119 e. The first-order chi connectivity index (χ1) is 23.1. The minimum absolute atomic E-state index is 0.122. The third-order valence-corrected chi connectivity index (χ3v) is 10.0. The maximum absolute atomic E-state index is 3.88. The van der Waals surface area contributed by atoms with Gasteiger partial charge in [-0.05, 0) is 63.9 Å². The van der Waals surface area contributed by atoms with Gasteiger partial charge in [-0.3, -0.25) is 4.90 Å². The number of fused-ring (bicyclic) bond motifs is 6. The number of para-hydroxylation sites is 2. The molecule has 0 unspecified atom stereocenters. The third kappa shape index (κ3) is 4.27. The van der Waals surface area contributed by atoms with Crippen LogP contribution in [0.15, 0.2) is 146 Å². The molecule has 1 heterocycles. The van der Waals surface area contributed by atoms with Crippen molar-refractivity contribution < 1.29 is 0 Å². The van der Waals surface area contributed by atoms with E-state index in [4.69, 9.17) is 0 Å². The van der Waals surface area contributed by atoms with Crippen molar-refractivity contribution in [1.29, 1.82) is 0 Å². The normalized spacial score (nSPS) is 14.1. The van der Waals surface area contributed by atoms with Crippen LogP contribution in [0.3, 0.4) is 0 Å². The van der Waals surface area contributed by atoms with Crippen molar-refractivity contribution in [3.63, 3.8) is 0 Å². The van der Waals surface area contributed by atoms with Crippen LogP contribution in [0.2, 0.25) is 0 Å². The van der Waals surface area contributed by atoms with E-state index in [2.05, 4.69) is 181 Å². The highest BCUT2D eigenvalue weighted by Gasteiger charge is 2.36. The fourth-order valence-electron chi connectivity index (χ4n) is 7.78. The first kappa shape index (κ1) is 27.5. The minimum atomic E-state index is -0.122. The van der Waals surface area contributed by atoms with E-state index in [0.29, 0.717) is 0 Å². The quantitative estimate of drug-likeness (QED) is 0.151. The molecule has 0 bridgehead atoms. The Morgan fingerprint density at radius 1 is 0.596 bits per heavy atom. The molecule has 226 valence electrons. The van der Waals surface area contributed by atoms with Crippen LogP contribution in [0.4, 0.5) is 22.7 Å². The third-order valence-electron chi connectivity index (χ3n) is 10.0. The Morgan fingerprint density at radius 3 is 2.11 bits per heavy atom. The highest BCUT2D eigenvalue weighted by Crippen LogP contribution is 2.54. The van der Waals surface area contributed by atoms with Gasteiger partial charge in [0.25, 0.3) is 0 Å². The first-order valence-corrected chi connectivity index (χ1v) is 16.4. The molecule has 0 aromatic heterocycles. The highest BCUT2D eigenvalue weighted by molar-refractivity contribution is 6.23. The summed E-state index contributed by atoms with van der Waals surface area (Å²) in [5.74, 6) is 1.09. The molecule has 3 nitrogen and oxygen atoms in total. The largest absolute Gasteiger partial charge is 0.367 e. The molecule has 3 heteroatoms. The summed E-state index contributed by atoms with van der Waals surface area (Å²) in [5.41, 5.74) is 9.73. The zero-order valence-corrected chi connectivity index (χ0v) is 26.6. The molecule has 2 N–H and O–H groups in total. The summed E-state index contributed by atoms with van der Waals surface area (Å²) in [6, 6.07) is 52.8. The lowest BCUT2D eigenvalue weighted by Gasteiger charge is -2.33. The summed E-state index contributed by atoms with van der Waals surface area (Å²) in [5, 5.41) is 14.9. The van der Waals surface area contributed by atoms with E-state index in [1.807, 2.05) is 0 Å². The Labute approximate surface area is 275 Å². The van der Waals surface area contributed by atoms with Gasteiger partial charge in [-0.1, -0.05) is 129 Å². The van der Waals surface area contributed by atoms with Crippen LogP contribution in [0.25, 0.3) is 44.6 Å². The predicted octanol–water partition coefficient (Wildman–Crippen LogP) is 9.33. The van der Waals surface area contributed by atoms with Gasteiger partial charge in [0.15, 0.2) is 0 Å². The second-order valence-electron chi connectivity index (χ2n) is 13.1. The van der Waals surface area contributed by atoms with Gasteiger partial charge in [-0.2, -0.15) is 0 Å². The van der Waals surface area contributed by atoms with E-state index in [0.717, 1.165) is 29.4 Å². The molecule has 0 saturated heterocycles. The van der Waals surface area contributed by atoms with Crippen molar-refractivity contribution in [1.82, 2.24) is 5.32 Å². The van der Waals surface area contributed by atoms with Gasteiger partial charge >= 0.3 is 0 Å². The molecule has 47 heavy (non-hydrogen) atoms. The van der Waals surface area contributed by atoms with Crippen LogP contribution in [0.1, 0.15) is 25.0 Å². The van der Waals surface area contributed by atoms with Crippen LogP contribution in [0, 0.1) is 0 Å². The van der Waals surface area contributed by atoms with Crippen molar-refractivity contribution >= 4 is 56.2 Å². The Bertz CT molecular complexity index is 2460. The van der Waals surface area contributed by atoms with Crippen LogP contribution in [0.5, 0.6) is 0 Å². The van der Waals surface area contributed by atoms with Crippen molar-refractivity contribution in [3.05, 3.63) is 167 Å². The van der Waals surface area contributed by atoms with E-state index in [-0.39, 0.29) is 5.41 Å². The zero-order valence-electron chi connectivity index (χ0n) is 26.6. The lowest BCUT2D eigenvalue weighted by Crippen LogP contribution is -2.43. The molecule has 7 aromatic carbocycles. The van der Waals surface area contributed by atoms with E-state index < -0.39 is 0 Å². The SMILES string of the molecule is CC1(C)c2ccccc2-c2cc3c(N(C4=c5ccccc5=CCN4)c4ccccc4)c4ccccc4c(Nc4ccccc4)c3cc21. The molecule has 2 aliphatic rings. The fourth-order valence-corrected chi connectivity index (χ4v) is 7.78. The molecule has 1 aliphatic heterocycles. The van der Waals surface area contributed by atoms with Crippen molar-refractivity contribution in [2.75, 3.05) is 16.8 Å². The maximum atomic E-state index is 3.88. The lowest BCUT2D eigenvalue weighted by atomic mass is 9.81. The number of nitrogens with one attached hydrogen (secondary N) is 2. The smallest absolute Gasteiger partial charge is 0.119 e. The number of anilines is 4. The summed E-state index contributed by atoms with van der Waals surface area (Å²) >= 11 is 0. The van der Waals surface area contributed by atoms with E-state index in [9.17, 15) is 0 Å². The predicted molar refractivity (Wildman–Crippen MR) is 199 cm³/mol. The Kier molecular flexibility index (Phi) is 6.23. The standard InChI is InChI=1S/C44H35N3/c1-44(2)39-24-14-13-21-33(39)36-27-38-37(28-40(36)44)41(46-30-16-5-3-6-17-30)34-22-11-12-23-35(34)42(38)47(31-18-7-4-8-19-31)43-32-20-10-9-15-29(32)25-26-45-43/h3-25,27-28,45-46H,26H2,1-2H3. The van der Waals surface area contributed by atoms with E-state index in [1.165, 1.54) is 59.9 Å². The van der Waals surface area contributed by atoms with Crippen LogP contribution in [-0.4, -0.2) is 6.54 Å². The highest BCUT2D eigenvalue weighted by atomic mass is 15.3. The van der Waals surface area contributed by atoms with Gasteiger partial charge in [0.1, 0.15) is 5.82 Å². The van der Waals surface area contributed by atoms with Crippen molar-refractivity contribution in [3.8, 4) is 11.1 Å². The number of hydrogen-bond donors (Lipinski definition) is 2. The van der Waals surface area contributed by atoms with Gasteiger partial charge < -0.3 is 10.6 Å². The topological polar surface area (TPSA) is 27.3 Å². The van der Waals surface area contributed by atoms with Crippen molar-refractivity contribution in [2.45, 2.75) is 19.3 Å². The molecule has 1 aliphatic carbocycles. The lowest BCUT2D eigenvalue weighted by molar-refractivity contribution is 0.661. The summed E-state index contributed by atoms with van der Waals surface area (Å²) in [6.07, 6.45) is 2.27. The molecule has 0 fully saturated rings. The molecule has 0 amide bonds. The number of rotatable bonds is 5. The molecule has 0 spiro atoms. The van der Waals surface area contributed by atoms with Gasteiger partial charge in [-0.15, -0.1) is 0 Å². The second-order valence-corrected chi connectivity index (χ2v) is 13.1. The molecule has 0 radical (unpaired) electrons. The van der Waals surface area contributed by atoms with Crippen LogP contribution >= 0.6 is 0 Å². The summed E-state index contributed by atoms with van der Waals surface area (Å²) in [6.45, 7) is 5.48. The van der Waals surface area contributed by atoms with Gasteiger partial charge in [-0.25, -0.2) is 0 Å². The Morgan fingerprint density at radius 2 is 1.28 bits per heavy atom. The van der Waals surface area contributed by atoms with Gasteiger partial charge in [0.05, 0.1) is 11.4 Å². The molecular formula is C44H35N3. The van der Waals surface area contributed by atoms with Gasteiger partial charge in [0, 0.05) is 50.1 Å². The average Bonchev–Trinajstić information content (AvgIpc) is 3.35. The molecule has 7 aromatic rings. The number of nitrogens with zero attached hydrogens (tertiary/aromatic N) is 1. The first-order valence-electron chi connectivity index (χ1n) is 16.4. The van der Waals surface area contributed by atoms with Crippen LogP contribution < -0.4 is 26.0 Å².